The summed E-state index contributed by atoms with van der Waals surface area (Å²) < 4.78 is 10.4. The second-order valence-electron chi connectivity index (χ2n) is 4.63. The third-order valence-corrected chi connectivity index (χ3v) is 4.37. The molecule has 1 aliphatic heterocycles. The van der Waals surface area contributed by atoms with E-state index < -0.39 is 6.10 Å². The molecule has 2 aromatic rings. The highest BCUT2D eigenvalue weighted by atomic mass is 32.1. The summed E-state index contributed by atoms with van der Waals surface area (Å²) in [5.74, 6) is 0.361. The fourth-order valence-electron chi connectivity index (χ4n) is 2.30. The summed E-state index contributed by atoms with van der Waals surface area (Å²) in [5.41, 5.74) is 2.51. The van der Waals surface area contributed by atoms with Gasteiger partial charge in [0.05, 0.1) is 13.5 Å². The lowest BCUT2D eigenvalue weighted by atomic mass is 10.0. The van der Waals surface area contributed by atoms with Gasteiger partial charge >= 0.3 is 5.97 Å². The third kappa shape index (κ3) is 2.30. The van der Waals surface area contributed by atoms with Crippen molar-refractivity contribution in [1.82, 2.24) is 0 Å². The number of carbonyl (C=O) groups excluding carboxylic acids is 1. The van der Waals surface area contributed by atoms with Crippen LogP contribution >= 0.6 is 11.3 Å². The molecule has 1 aromatic heterocycles. The molecular formula is C15H14O4S. The van der Waals surface area contributed by atoms with Crippen molar-refractivity contribution in [3.05, 3.63) is 51.2 Å². The van der Waals surface area contributed by atoms with Crippen LogP contribution in [-0.2, 0) is 22.6 Å². The number of thiophene rings is 1. The number of benzene rings is 1. The molecule has 1 aliphatic rings. The number of carbonyl (C=O) groups is 1. The van der Waals surface area contributed by atoms with Crippen molar-refractivity contribution in [1.29, 1.82) is 0 Å². The molecule has 1 unspecified atom stereocenters. The molecule has 0 spiro atoms. The summed E-state index contributed by atoms with van der Waals surface area (Å²) in [7, 11) is 1.36. The van der Waals surface area contributed by atoms with Crippen molar-refractivity contribution in [3.8, 4) is 5.75 Å². The van der Waals surface area contributed by atoms with E-state index in [1.807, 2.05) is 23.6 Å². The van der Waals surface area contributed by atoms with Gasteiger partial charge in [0.25, 0.3) is 0 Å². The van der Waals surface area contributed by atoms with Crippen LogP contribution in [0.15, 0.2) is 29.6 Å². The topological polar surface area (TPSA) is 55.8 Å². The molecule has 0 radical (unpaired) electrons. The minimum absolute atomic E-state index is 0.188. The highest BCUT2D eigenvalue weighted by Gasteiger charge is 2.24. The molecule has 0 amide bonds. The summed E-state index contributed by atoms with van der Waals surface area (Å²) in [4.78, 5) is 12.2. The monoisotopic (exact) mass is 290 g/mol. The van der Waals surface area contributed by atoms with Gasteiger partial charge in [-0.2, -0.15) is 0 Å². The number of aliphatic hydroxyl groups excluding tert-OH is 1. The van der Waals surface area contributed by atoms with Gasteiger partial charge in [-0.15, -0.1) is 11.3 Å². The molecule has 0 aliphatic carbocycles. The average molecular weight is 290 g/mol. The van der Waals surface area contributed by atoms with E-state index in [9.17, 15) is 9.90 Å². The van der Waals surface area contributed by atoms with Gasteiger partial charge in [-0.25, -0.2) is 0 Å². The molecule has 20 heavy (non-hydrogen) atoms. The van der Waals surface area contributed by atoms with Crippen molar-refractivity contribution in [2.45, 2.75) is 19.1 Å². The molecule has 2 heterocycles. The molecule has 0 saturated carbocycles. The Morgan fingerprint density at radius 2 is 2.35 bits per heavy atom. The van der Waals surface area contributed by atoms with E-state index >= 15 is 0 Å². The van der Waals surface area contributed by atoms with Crippen LogP contribution in [0.3, 0.4) is 0 Å². The van der Waals surface area contributed by atoms with Gasteiger partial charge in [0.2, 0.25) is 0 Å². The van der Waals surface area contributed by atoms with Gasteiger partial charge in [0.1, 0.15) is 18.5 Å². The lowest BCUT2D eigenvalue weighted by Crippen LogP contribution is -2.06. The number of rotatable bonds is 2. The lowest BCUT2D eigenvalue weighted by molar-refractivity contribution is -0.139. The molecule has 4 nitrogen and oxygen atoms in total. The van der Waals surface area contributed by atoms with Crippen LogP contribution in [-0.4, -0.2) is 18.2 Å². The number of ether oxygens (including phenoxy) is 2. The van der Waals surface area contributed by atoms with Crippen molar-refractivity contribution in [3.63, 3.8) is 0 Å². The Morgan fingerprint density at radius 3 is 3.15 bits per heavy atom. The number of fused-ring (bicyclic) bond motifs is 2. The molecule has 3 rings (SSSR count). The quantitative estimate of drug-likeness (QED) is 0.863. The van der Waals surface area contributed by atoms with Crippen LogP contribution in [0.25, 0.3) is 0 Å². The van der Waals surface area contributed by atoms with E-state index in [-0.39, 0.29) is 12.4 Å². The Hall–Kier alpha value is -1.85. The molecule has 1 aromatic carbocycles. The number of aliphatic hydroxyl groups is 1. The summed E-state index contributed by atoms with van der Waals surface area (Å²) >= 11 is 1.51. The Labute approximate surface area is 120 Å². The third-order valence-electron chi connectivity index (χ3n) is 3.36. The standard InChI is InChI=1S/C15H14O4S/c1-18-13(16)7-9-2-3-12-11(6-9)14(17)15-10(8-19-12)4-5-20-15/h2-6,14,17H,7-8H2,1H3. The summed E-state index contributed by atoms with van der Waals surface area (Å²) in [6.45, 7) is 0.458. The molecule has 5 heteroatoms. The molecule has 0 saturated heterocycles. The molecule has 1 atom stereocenters. The van der Waals surface area contributed by atoms with Crippen molar-refractivity contribution >= 4 is 17.3 Å². The number of esters is 1. The van der Waals surface area contributed by atoms with E-state index in [1.165, 1.54) is 18.4 Å². The van der Waals surface area contributed by atoms with Crippen LogP contribution in [0, 0.1) is 0 Å². The average Bonchev–Trinajstić information content (AvgIpc) is 2.88. The summed E-state index contributed by atoms with van der Waals surface area (Å²) in [5, 5.41) is 12.5. The van der Waals surface area contributed by atoms with Crippen molar-refractivity contribution < 1.29 is 19.4 Å². The fraction of sp³-hybridized carbons (Fsp3) is 0.267. The van der Waals surface area contributed by atoms with E-state index in [4.69, 9.17) is 4.74 Å². The Bertz CT molecular complexity index is 647. The van der Waals surface area contributed by atoms with Crippen LogP contribution in [0.4, 0.5) is 0 Å². The zero-order valence-corrected chi connectivity index (χ0v) is 11.8. The fourth-order valence-corrected chi connectivity index (χ4v) is 3.21. The Morgan fingerprint density at radius 1 is 1.50 bits per heavy atom. The highest BCUT2D eigenvalue weighted by molar-refractivity contribution is 7.10. The minimum atomic E-state index is -0.708. The van der Waals surface area contributed by atoms with Crippen LogP contribution in [0.2, 0.25) is 0 Å². The van der Waals surface area contributed by atoms with Gasteiger partial charge in [-0.1, -0.05) is 6.07 Å². The molecule has 104 valence electrons. The van der Waals surface area contributed by atoms with Crippen LogP contribution < -0.4 is 4.74 Å². The molecular weight excluding hydrogens is 276 g/mol. The Balaban J connectivity index is 1.98. The normalized spacial score (nSPS) is 16.6. The Kier molecular flexibility index (Phi) is 3.46. The second kappa shape index (κ2) is 5.26. The number of hydrogen-bond acceptors (Lipinski definition) is 5. The van der Waals surface area contributed by atoms with Crippen LogP contribution in [0.1, 0.15) is 27.7 Å². The van der Waals surface area contributed by atoms with Gasteiger partial charge in [0, 0.05) is 16.0 Å². The minimum Gasteiger partial charge on any atom is -0.488 e. The lowest BCUT2D eigenvalue weighted by Gasteiger charge is -2.13. The van der Waals surface area contributed by atoms with Gasteiger partial charge in [-0.05, 0) is 29.1 Å². The summed E-state index contributed by atoms with van der Waals surface area (Å²) in [6, 6.07) is 7.39. The zero-order valence-electron chi connectivity index (χ0n) is 11.0. The first-order valence-corrected chi connectivity index (χ1v) is 7.14. The van der Waals surface area contributed by atoms with E-state index in [0.29, 0.717) is 17.9 Å². The first-order valence-electron chi connectivity index (χ1n) is 6.26. The van der Waals surface area contributed by atoms with Gasteiger partial charge in [-0.3, -0.25) is 4.79 Å². The predicted octanol–water partition coefficient (Wildman–Crippen LogP) is 2.44. The van der Waals surface area contributed by atoms with Crippen molar-refractivity contribution in [2.24, 2.45) is 0 Å². The first-order chi connectivity index (χ1) is 9.69. The van der Waals surface area contributed by atoms with Crippen LogP contribution in [0.5, 0.6) is 5.75 Å². The molecule has 0 fully saturated rings. The number of hydrogen-bond donors (Lipinski definition) is 1. The van der Waals surface area contributed by atoms with E-state index in [0.717, 1.165) is 16.0 Å². The van der Waals surface area contributed by atoms with E-state index in [2.05, 4.69) is 4.74 Å². The molecule has 1 N–H and O–H groups in total. The smallest absolute Gasteiger partial charge is 0.309 e. The second-order valence-corrected chi connectivity index (χ2v) is 5.57. The largest absolute Gasteiger partial charge is 0.488 e. The highest BCUT2D eigenvalue weighted by Crippen LogP contribution is 2.38. The number of methoxy groups -OCH3 is 1. The predicted molar refractivity (Wildman–Crippen MR) is 74.9 cm³/mol. The maximum absolute atomic E-state index is 11.3. The molecule has 0 bridgehead atoms. The van der Waals surface area contributed by atoms with Crippen molar-refractivity contribution in [2.75, 3.05) is 7.11 Å². The van der Waals surface area contributed by atoms with E-state index in [1.54, 1.807) is 6.07 Å². The maximum Gasteiger partial charge on any atom is 0.309 e. The first kappa shape index (κ1) is 13.1. The summed E-state index contributed by atoms with van der Waals surface area (Å²) in [6.07, 6.45) is -0.520. The maximum atomic E-state index is 11.3. The van der Waals surface area contributed by atoms with Gasteiger partial charge < -0.3 is 14.6 Å². The zero-order chi connectivity index (χ0) is 14.1. The SMILES string of the molecule is COC(=O)Cc1ccc2c(c1)C(O)c1sccc1CO2. The van der Waals surface area contributed by atoms with Gasteiger partial charge in [0.15, 0.2) is 0 Å².